The van der Waals surface area contributed by atoms with Crippen molar-refractivity contribution >= 4 is 0 Å². The lowest BCUT2D eigenvalue weighted by Gasteiger charge is -2.37. The molecule has 4 atom stereocenters. The van der Waals surface area contributed by atoms with Gasteiger partial charge in [-0.2, -0.15) is 0 Å². The van der Waals surface area contributed by atoms with Crippen LogP contribution in [0.15, 0.2) is 0 Å². The third-order valence-corrected chi connectivity index (χ3v) is 5.49. The summed E-state index contributed by atoms with van der Waals surface area (Å²) in [6, 6.07) is 1.74. The summed E-state index contributed by atoms with van der Waals surface area (Å²) in [6.07, 6.45) is 10.2. The summed E-state index contributed by atoms with van der Waals surface area (Å²) in [5.41, 5.74) is 0. The second kappa shape index (κ2) is 5.27. The van der Waals surface area contributed by atoms with Gasteiger partial charge in [0.15, 0.2) is 0 Å². The van der Waals surface area contributed by atoms with Gasteiger partial charge in [-0.1, -0.05) is 26.2 Å². The van der Waals surface area contributed by atoms with Crippen LogP contribution in [0.4, 0.5) is 0 Å². The molecule has 3 rings (SSSR count). The molecule has 1 saturated carbocycles. The van der Waals surface area contributed by atoms with Crippen LogP contribution >= 0.6 is 0 Å². The predicted octanol–water partition coefficient (Wildman–Crippen LogP) is 2.64. The minimum atomic E-state index is 0.822. The Morgan fingerprint density at radius 3 is 2.76 bits per heavy atom. The Morgan fingerprint density at radius 2 is 1.94 bits per heavy atom. The zero-order valence-corrected chi connectivity index (χ0v) is 11.3. The average Bonchev–Trinajstić information content (AvgIpc) is 2.82. The van der Waals surface area contributed by atoms with Crippen molar-refractivity contribution in [3.8, 4) is 0 Å². The molecule has 2 aliphatic heterocycles. The first-order valence-corrected chi connectivity index (χ1v) is 7.86. The molecule has 2 saturated heterocycles. The standard InChI is InChI=1S/C15H28N2/c1-2-12-6-3-4-8-15(12)17-10-13-7-5-9-16-14(13)11-17/h12-16H,2-11H2,1H3. The van der Waals surface area contributed by atoms with E-state index in [1.54, 1.807) is 0 Å². The second-order valence-electron chi connectivity index (χ2n) is 6.44. The highest BCUT2D eigenvalue weighted by atomic mass is 15.2. The minimum absolute atomic E-state index is 0.822. The molecule has 2 heterocycles. The van der Waals surface area contributed by atoms with Gasteiger partial charge in [-0.05, 0) is 44.1 Å². The lowest BCUT2D eigenvalue weighted by molar-refractivity contribution is 0.120. The van der Waals surface area contributed by atoms with Crippen LogP contribution in [0.1, 0.15) is 51.9 Å². The van der Waals surface area contributed by atoms with E-state index in [9.17, 15) is 0 Å². The van der Waals surface area contributed by atoms with Crippen LogP contribution < -0.4 is 5.32 Å². The summed E-state index contributed by atoms with van der Waals surface area (Å²) in [5.74, 6) is 1.95. The molecule has 0 bridgehead atoms. The van der Waals surface area contributed by atoms with Crippen LogP contribution in [0, 0.1) is 11.8 Å². The molecule has 3 fully saturated rings. The second-order valence-corrected chi connectivity index (χ2v) is 6.44. The average molecular weight is 236 g/mol. The van der Waals surface area contributed by atoms with Crippen molar-refractivity contribution in [2.24, 2.45) is 11.8 Å². The van der Waals surface area contributed by atoms with Crippen LogP contribution in [0.3, 0.4) is 0 Å². The van der Waals surface area contributed by atoms with Gasteiger partial charge in [-0.3, -0.25) is 4.90 Å². The third kappa shape index (κ3) is 2.39. The van der Waals surface area contributed by atoms with Gasteiger partial charge < -0.3 is 5.32 Å². The van der Waals surface area contributed by atoms with Crippen LogP contribution in [0.5, 0.6) is 0 Å². The SMILES string of the molecule is CCC1CCCCC1N1CC2CCCNC2C1. The van der Waals surface area contributed by atoms with Gasteiger partial charge >= 0.3 is 0 Å². The molecule has 2 nitrogen and oxygen atoms in total. The first-order chi connectivity index (χ1) is 8.38. The molecule has 0 aromatic heterocycles. The Bertz CT molecular complexity index is 239. The number of hydrogen-bond acceptors (Lipinski definition) is 2. The number of piperidine rings is 1. The van der Waals surface area contributed by atoms with Gasteiger partial charge in [-0.25, -0.2) is 0 Å². The molecular weight excluding hydrogens is 208 g/mol. The summed E-state index contributed by atoms with van der Waals surface area (Å²) >= 11 is 0. The summed E-state index contributed by atoms with van der Waals surface area (Å²) < 4.78 is 0. The van der Waals surface area contributed by atoms with Crippen LogP contribution in [-0.4, -0.2) is 36.6 Å². The fourth-order valence-electron chi connectivity index (χ4n) is 4.50. The molecule has 0 radical (unpaired) electrons. The highest BCUT2D eigenvalue weighted by Crippen LogP contribution is 2.35. The first-order valence-electron chi connectivity index (χ1n) is 7.86. The topological polar surface area (TPSA) is 15.3 Å². The van der Waals surface area contributed by atoms with Crippen LogP contribution in [0.2, 0.25) is 0 Å². The molecule has 0 spiro atoms. The summed E-state index contributed by atoms with van der Waals surface area (Å²) in [7, 11) is 0. The van der Waals surface area contributed by atoms with Crippen molar-refractivity contribution in [3.63, 3.8) is 0 Å². The fourth-order valence-corrected chi connectivity index (χ4v) is 4.50. The van der Waals surface area contributed by atoms with Crippen molar-refractivity contribution in [2.45, 2.75) is 64.0 Å². The van der Waals surface area contributed by atoms with Crippen molar-refractivity contribution in [2.75, 3.05) is 19.6 Å². The number of nitrogens with zero attached hydrogens (tertiary/aromatic N) is 1. The normalized spacial score (nSPS) is 43.6. The van der Waals surface area contributed by atoms with Crippen molar-refractivity contribution in [3.05, 3.63) is 0 Å². The molecule has 1 N–H and O–H groups in total. The van der Waals surface area contributed by atoms with E-state index in [-0.39, 0.29) is 0 Å². The van der Waals surface area contributed by atoms with Gasteiger partial charge in [0.05, 0.1) is 0 Å². The molecule has 3 aliphatic rings. The lowest BCUT2D eigenvalue weighted by atomic mass is 9.82. The molecule has 17 heavy (non-hydrogen) atoms. The Kier molecular flexibility index (Phi) is 3.72. The molecule has 4 unspecified atom stereocenters. The molecule has 98 valence electrons. The predicted molar refractivity (Wildman–Crippen MR) is 72.1 cm³/mol. The Labute approximate surface area is 106 Å². The number of fused-ring (bicyclic) bond motifs is 1. The highest BCUT2D eigenvalue weighted by molar-refractivity contribution is 4.96. The van der Waals surface area contributed by atoms with E-state index in [0.717, 1.165) is 23.9 Å². The minimum Gasteiger partial charge on any atom is -0.312 e. The maximum absolute atomic E-state index is 3.74. The molecule has 2 heteroatoms. The Balaban J connectivity index is 1.63. The maximum atomic E-state index is 3.74. The van der Waals surface area contributed by atoms with Crippen LogP contribution in [-0.2, 0) is 0 Å². The van der Waals surface area contributed by atoms with Gasteiger partial charge in [0.1, 0.15) is 0 Å². The molecule has 0 amide bonds. The van der Waals surface area contributed by atoms with Crippen molar-refractivity contribution in [1.29, 1.82) is 0 Å². The summed E-state index contributed by atoms with van der Waals surface area (Å²) in [6.45, 7) is 6.38. The van der Waals surface area contributed by atoms with Crippen LogP contribution in [0.25, 0.3) is 0 Å². The number of hydrogen-bond donors (Lipinski definition) is 1. The smallest absolute Gasteiger partial charge is 0.0235 e. The summed E-state index contributed by atoms with van der Waals surface area (Å²) in [4.78, 5) is 2.85. The van der Waals surface area contributed by atoms with E-state index in [0.29, 0.717) is 0 Å². The van der Waals surface area contributed by atoms with E-state index in [1.165, 1.54) is 64.6 Å². The Hall–Kier alpha value is -0.0800. The first kappa shape index (κ1) is 12.0. The van der Waals surface area contributed by atoms with Gasteiger partial charge in [0.2, 0.25) is 0 Å². The quantitative estimate of drug-likeness (QED) is 0.793. The molecular formula is C15H28N2. The van der Waals surface area contributed by atoms with E-state index in [1.807, 2.05) is 0 Å². The van der Waals surface area contributed by atoms with E-state index < -0.39 is 0 Å². The number of rotatable bonds is 2. The monoisotopic (exact) mass is 236 g/mol. The Morgan fingerprint density at radius 1 is 1.06 bits per heavy atom. The molecule has 0 aromatic carbocycles. The lowest BCUT2D eigenvalue weighted by Crippen LogP contribution is -2.43. The van der Waals surface area contributed by atoms with Crippen molar-refractivity contribution < 1.29 is 0 Å². The largest absolute Gasteiger partial charge is 0.312 e. The highest BCUT2D eigenvalue weighted by Gasteiger charge is 2.39. The zero-order valence-electron chi connectivity index (χ0n) is 11.3. The van der Waals surface area contributed by atoms with Gasteiger partial charge in [0, 0.05) is 25.2 Å². The van der Waals surface area contributed by atoms with Gasteiger partial charge in [-0.15, -0.1) is 0 Å². The maximum Gasteiger partial charge on any atom is 0.0235 e. The van der Waals surface area contributed by atoms with E-state index in [4.69, 9.17) is 0 Å². The van der Waals surface area contributed by atoms with Crippen molar-refractivity contribution in [1.82, 2.24) is 10.2 Å². The fraction of sp³-hybridized carbons (Fsp3) is 1.00. The zero-order chi connectivity index (χ0) is 11.7. The molecule has 0 aromatic rings. The van der Waals surface area contributed by atoms with E-state index in [2.05, 4.69) is 17.1 Å². The summed E-state index contributed by atoms with van der Waals surface area (Å²) in [5, 5.41) is 3.74. The van der Waals surface area contributed by atoms with Gasteiger partial charge in [0.25, 0.3) is 0 Å². The number of nitrogens with one attached hydrogen (secondary N) is 1. The molecule has 1 aliphatic carbocycles. The van der Waals surface area contributed by atoms with E-state index >= 15 is 0 Å². The third-order valence-electron chi connectivity index (χ3n) is 5.49. The number of likely N-dealkylation sites (tertiary alicyclic amines) is 1.